The first-order valence-electron chi connectivity index (χ1n) is 9.51. The van der Waals surface area contributed by atoms with Crippen LogP contribution < -0.4 is 15.4 Å². The normalized spacial score (nSPS) is 14.4. The zero-order chi connectivity index (χ0) is 19.1. The molecule has 0 aliphatic heterocycles. The lowest BCUT2D eigenvalue weighted by atomic mass is 9.88. The average molecular weight is 366 g/mol. The third-order valence-electron chi connectivity index (χ3n) is 4.84. The van der Waals surface area contributed by atoms with Crippen molar-refractivity contribution >= 4 is 23.2 Å². The number of carbonyl (C=O) groups excluding carboxylic acids is 2. The Kier molecular flexibility index (Phi) is 6.47. The van der Waals surface area contributed by atoms with E-state index < -0.39 is 0 Å². The lowest BCUT2D eigenvalue weighted by Crippen LogP contribution is -2.25. The van der Waals surface area contributed by atoms with Gasteiger partial charge < -0.3 is 15.4 Å². The van der Waals surface area contributed by atoms with Gasteiger partial charge in [0.05, 0.1) is 0 Å². The van der Waals surface area contributed by atoms with E-state index in [2.05, 4.69) is 10.6 Å². The summed E-state index contributed by atoms with van der Waals surface area (Å²) in [6, 6.07) is 14.8. The Balaban J connectivity index is 1.53. The first-order valence-corrected chi connectivity index (χ1v) is 9.51. The summed E-state index contributed by atoms with van der Waals surface area (Å²) in [6.07, 6.45) is 5.37. The van der Waals surface area contributed by atoms with Gasteiger partial charge in [-0.25, -0.2) is 0 Å². The van der Waals surface area contributed by atoms with Gasteiger partial charge in [-0.3, -0.25) is 9.59 Å². The topological polar surface area (TPSA) is 67.4 Å². The highest BCUT2D eigenvalue weighted by Gasteiger charge is 2.21. The Hall–Kier alpha value is -2.82. The highest BCUT2D eigenvalue weighted by Crippen LogP contribution is 2.25. The average Bonchev–Trinajstić information content (AvgIpc) is 2.68. The number of ether oxygens (including phenoxy) is 1. The number of nitrogens with one attached hydrogen (secondary N) is 2. The molecule has 0 heterocycles. The molecule has 2 N–H and O–H groups in total. The van der Waals surface area contributed by atoms with E-state index in [1.165, 1.54) is 6.42 Å². The van der Waals surface area contributed by atoms with Crippen LogP contribution in [-0.4, -0.2) is 18.4 Å². The predicted molar refractivity (Wildman–Crippen MR) is 107 cm³/mol. The Morgan fingerprint density at radius 3 is 2.41 bits per heavy atom. The third kappa shape index (κ3) is 5.58. The Morgan fingerprint density at radius 1 is 0.963 bits per heavy atom. The van der Waals surface area contributed by atoms with Crippen LogP contribution in [0.2, 0.25) is 0 Å². The molecule has 2 aromatic rings. The second-order valence-electron chi connectivity index (χ2n) is 7.01. The SMILES string of the molecule is Cc1ccccc1OCC(=O)Nc1cccc(NC(=O)C2CCCCC2)c1. The van der Waals surface area contributed by atoms with Gasteiger partial charge in [0.2, 0.25) is 5.91 Å². The van der Waals surface area contributed by atoms with E-state index in [0.717, 1.165) is 31.2 Å². The molecule has 0 bridgehead atoms. The molecule has 0 saturated heterocycles. The van der Waals surface area contributed by atoms with E-state index in [4.69, 9.17) is 4.74 Å². The van der Waals surface area contributed by atoms with Gasteiger partial charge in [0.1, 0.15) is 5.75 Å². The Morgan fingerprint density at radius 2 is 1.67 bits per heavy atom. The largest absolute Gasteiger partial charge is 0.483 e. The van der Waals surface area contributed by atoms with Crippen molar-refractivity contribution in [3.05, 3.63) is 54.1 Å². The highest BCUT2D eigenvalue weighted by molar-refractivity contribution is 5.95. The van der Waals surface area contributed by atoms with Crippen LogP contribution >= 0.6 is 0 Å². The van der Waals surface area contributed by atoms with E-state index in [1.807, 2.05) is 43.3 Å². The van der Waals surface area contributed by atoms with Crippen LogP contribution in [-0.2, 0) is 9.59 Å². The smallest absolute Gasteiger partial charge is 0.262 e. The zero-order valence-corrected chi connectivity index (χ0v) is 15.7. The van der Waals surface area contributed by atoms with Gasteiger partial charge in [-0.1, -0.05) is 43.5 Å². The summed E-state index contributed by atoms with van der Waals surface area (Å²) in [7, 11) is 0. The lowest BCUT2D eigenvalue weighted by molar-refractivity contribution is -0.120. The van der Waals surface area contributed by atoms with Gasteiger partial charge in [0.15, 0.2) is 6.61 Å². The number of aryl methyl sites for hydroxylation is 1. The molecule has 1 saturated carbocycles. The number of benzene rings is 2. The number of para-hydroxylation sites is 1. The maximum Gasteiger partial charge on any atom is 0.262 e. The van der Waals surface area contributed by atoms with Crippen molar-refractivity contribution < 1.29 is 14.3 Å². The molecule has 0 aromatic heterocycles. The lowest BCUT2D eigenvalue weighted by Gasteiger charge is -2.20. The van der Waals surface area contributed by atoms with Gasteiger partial charge in [-0.05, 0) is 49.6 Å². The summed E-state index contributed by atoms with van der Waals surface area (Å²) >= 11 is 0. The molecule has 1 fully saturated rings. The highest BCUT2D eigenvalue weighted by atomic mass is 16.5. The molecule has 27 heavy (non-hydrogen) atoms. The van der Waals surface area contributed by atoms with E-state index in [-0.39, 0.29) is 24.3 Å². The molecule has 0 unspecified atom stereocenters. The Bertz CT molecular complexity index is 798. The Labute approximate surface area is 160 Å². The van der Waals surface area contributed by atoms with Gasteiger partial charge in [-0.15, -0.1) is 0 Å². The van der Waals surface area contributed by atoms with Crippen LogP contribution in [0.25, 0.3) is 0 Å². The number of rotatable bonds is 6. The first kappa shape index (κ1) is 19.0. The summed E-state index contributed by atoms with van der Waals surface area (Å²) < 4.78 is 5.56. The quantitative estimate of drug-likeness (QED) is 0.789. The van der Waals surface area contributed by atoms with E-state index in [0.29, 0.717) is 17.1 Å². The maximum absolute atomic E-state index is 12.4. The van der Waals surface area contributed by atoms with Gasteiger partial charge in [0, 0.05) is 17.3 Å². The molecular formula is C22H26N2O3. The molecular weight excluding hydrogens is 340 g/mol. The minimum Gasteiger partial charge on any atom is -0.483 e. The predicted octanol–water partition coefficient (Wildman–Crippen LogP) is 4.53. The van der Waals surface area contributed by atoms with E-state index >= 15 is 0 Å². The molecule has 0 spiro atoms. The molecule has 3 rings (SSSR count). The van der Waals surface area contributed by atoms with Crippen molar-refractivity contribution in [1.29, 1.82) is 0 Å². The van der Waals surface area contributed by atoms with Crippen molar-refractivity contribution in [2.75, 3.05) is 17.2 Å². The summed E-state index contributed by atoms with van der Waals surface area (Å²) in [6.45, 7) is 1.87. The van der Waals surface area contributed by atoms with Crippen molar-refractivity contribution in [3.8, 4) is 5.75 Å². The molecule has 5 nitrogen and oxygen atoms in total. The molecule has 2 aromatic carbocycles. The summed E-state index contributed by atoms with van der Waals surface area (Å²) in [5, 5.41) is 5.78. The minimum absolute atomic E-state index is 0.0660. The number of amides is 2. The fraction of sp³-hybridized carbons (Fsp3) is 0.364. The van der Waals surface area contributed by atoms with E-state index in [1.54, 1.807) is 12.1 Å². The van der Waals surface area contributed by atoms with Crippen molar-refractivity contribution in [2.24, 2.45) is 5.92 Å². The van der Waals surface area contributed by atoms with Crippen molar-refractivity contribution in [1.82, 2.24) is 0 Å². The summed E-state index contributed by atoms with van der Waals surface area (Å²) in [5.74, 6) is 0.621. The monoisotopic (exact) mass is 366 g/mol. The fourth-order valence-electron chi connectivity index (χ4n) is 3.34. The minimum atomic E-state index is -0.242. The molecule has 0 radical (unpaired) electrons. The van der Waals surface area contributed by atoms with Gasteiger partial charge in [0.25, 0.3) is 5.91 Å². The second-order valence-corrected chi connectivity index (χ2v) is 7.01. The van der Waals surface area contributed by atoms with Crippen molar-refractivity contribution in [2.45, 2.75) is 39.0 Å². The summed E-state index contributed by atoms with van der Waals surface area (Å²) in [4.78, 5) is 24.5. The first-order chi connectivity index (χ1) is 13.1. The van der Waals surface area contributed by atoms with Gasteiger partial charge in [-0.2, -0.15) is 0 Å². The van der Waals surface area contributed by atoms with Crippen LogP contribution in [0.1, 0.15) is 37.7 Å². The van der Waals surface area contributed by atoms with Gasteiger partial charge >= 0.3 is 0 Å². The number of hydrogen-bond acceptors (Lipinski definition) is 3. The molecule has 0 atom stereocenters. The zero-order valence-electron chi connectivity index (χ0n) is 15.7. The maximum atomic E-state index is 12.4. The second kappa shape index (κ2) is 9.21. The van der Waals surface area contributed by atoms with Crippen molar-refractivity contribution in [3.63, 3.8) is 0 Å². The summed E-state index contributed by atoms with van der Waals surface area (Å²) in [5.41, 5.74) is 2.32. The number of hydrogen-bond donors (Lipinski definition) is 2. The van der Waals surface area contributed by atoms with Crippen LogP contribution in [0.4, 0.5) is 11.4 Å². The molecule has 1 aliphatic rings. The van der Waals surface area contributed by atoms with Crippen LogP contribution in [0.15, 0.2) is 48.5 Å². The van der Waals surface area contributed by atoms with E-state index in [9.17, 15) is 9.59 Å². The van der Waals surface area contributed by atoms with Crippen LogP contribution in [0.3, 0.4) is 0 Å². The number of anilines is 2. The molecule has 5 heteroatoms. The molecule has 2 amide bonds. The molecule has 1 aliphatic carbocycles. The molecule has 142 valence electrons. The third-order valence-corrected chi connectivity index (χ3v) is 4.84. The number of carbonyl (C=O) groups is 2. The fourth-order valence-corrected chi connectivity index (χ4v) is 3.34. The standard InChI is InChI=1S/C22H26N2O3/c1-16-8-5-6-13-20(16)27-15-21(25)23-18-11-7-12-19(14-18)24-22(26)17-9-3-2-4-10-17/h5-8,11-14,17H,2-4,9-10,15H2,1H3,(H,23,25)(H,24,26). The van der Waals surface area contributed by atoms with Crippen LogP contribution in [0.5, 0.6) is 5.75 Å². The van der Waals surface area contributed by atoms with Crippen LogP contribution in [0, 0.1) is 12.8 Å².